The number of nitrogens with zero attached hydrogens (tertiary/aromatic N) is 4. The highest BCUT2D eigenvalue weighted by Gasteiger charge is 2.32. The molecule has 27 heavy (non-hydrogen) atoms. The van der Waals surface area contributed by atoms with Gasteiger partial charge in [0.15, 0.2) is 0 Å². The summed E-state index contributed by atoms with van der Waals surface area (Å²) in [5.74, 6) is 0.347. The lowest BCUT2D eigenvalue weighted by Gasteiger charge is -2.34. The van der Waals surface area contributed by atoms with Gasteiger partial charge in [-0.1, -0.05) is 12.8 Å². The molecule has 8 nitrogen and oxygen atoms in total. The number of aryl methyl sites for hydroxylation is 1. The minimum atomic E-state index is -0.417. The van der Waals surface area contributed by atoms with Crippen LogP contribution in [0.2, 0.25) is 0 Å². The lowest BCUT2D eigenvalue weighted by molar-refractivity contribution is -0.143. The third-order valence-corrected chi connectivity index (χ3v) is 5.74. The zero-order valence-electron chi connectivity index (χ0n) is 15.7. The van der Waals surface area contributed by atoms with Crippen LogP contribution in [0.3, 0.4) is 0 Å². The summed E-state index contributed by atoms with van der Waals surface area (Å²) in [5, 5.41) is 0.387. The number of aromatic nitrogens is 3. The van der Waals surface area contributed by atoms with E-state index in [9.17, 15) is 14.4 Å². The maximum atomic E-state index is 12.7. The minimum Gasteiger partial charge on any atom is -0.368 e. The number of morpholine rings is 1. The molecule has 1 atom stereocenters. The molecule has 1 amide bonds. The van der Waals surface area contributed by atoms with Gasteiger partial charge in [0.1, 0.15) is 11.8 Å². The van der Waals surface area contributed by atoms with E-state index < -0.39 is 5.69 Å². The number of hydrogen-bond donors (Lipinski definition) is 0. The molecule has 2 aromatic heterocycles. The first-order chi connectivity index (χ1) is 13.0. The second-order valence-corrected chi connectivity index (χ2v) is 7.44. The van der Waals surface area contributed by atoms with Crippen molar-refractivity contribution in [1.29, 1.82) is 0 Å². The predicted molar refractivity (Wildman–Crippen MR) is 99.5 cm³/mol. The Bertz CT molecular complexity index is 1000. The van der Waals surface area contributed by atoms with Gasteiger partial charge in [0.25, 0.3) is 5.56 Å². The van der Waals surface area contributed by atoms with Crippen molar-refractivity contribution in [1.82, 2.24) is 19.0 Å². The highest BCUT2D eigenvalue weighted by Crippen LogP contribution is 2.29. The van der Waals surface area contributed by atoms with E-state index in [2.05, 4.69) is 4.98 Å². The molecular weight excluding hydrogens is 348 g/mol. The third-order valence-electron chi connectivity index (χ3n) is 5.74. The van der Waals surface area contributed by atoms with Crippen LogP contribution in [0.5, 0.6) is 0 Å². The summed E-state index contributed by atoms with van der Waals surface area (Å²) in [4.78, 5) is 43.6. The average molecular weight is 372 g/mol. The van der Waals surface area contributed by atoms with E-state index >= 15 is 0 Å². The van der Waals surface area contributed by atoms with Gasteiger partial charge in [-0.15, -0.1) is 0 Å². The molecule has 2 aliphatic rings. The summed E-state index contributed by atoms with van der Waals surface area (Å²) in [5.41, 5.74) is 0.188. The van der Waals surface area contributed by atoms with Crippen molar-refractivity contribution in [2.45, 2.75) is 31.8 Å². The SMILES string of the molecule is Cn1c(=O)c2ccc([C@@H]3CN(C(=O)C4CCCC4)CCO3)nc2n(C)c1=O. The molecule has 8 heteroatoms. The van der Waals surface area contributed by atoms with Crippen molar-refractivity contribution in [3.8, 4) is 0 Å². The monoisotopic (exact) mass is 372 g/mol. The molecule has 1 saturated carbocycles. The summed E-state index contributed by atoms with van der Waals surface area (Å²) >= 11 is 0. The summed E-state index contributed by atoms with van der Waals surface area (Å²) in [6, 6.07) is 3.43. The van der Waals surface area contributed by atoms with E-state index in [0.29, 0.717) is 36.4 Å². The molecule has 3 heterocycles. The standard InChI is InChI=1S/C19H24N4O4/c1-21-16-13(18(25)22(2)19(21)26)7-8-14(20-16)15-11-23(9-10-27-15)17(24)12-5-3-4-6-12/h7-8,12,15H,3-6,9-11H2,1-2H3/t15-/m0/s1. The first kappa shape index (κ1) is 17.9. The van der Waals surface area contributed by atoms with Crippen LogP contribution in [-0.2, 0) is 23.6 Å². The number of fused-ring (bicyclic) bond motifs is 1. The van der Waals surface area contributed by atoms with E-state index in [0.717, 1.165) is 30.3 Å². The Balaban J connectivity index is 1.64. The van der Waals surface area contributed by atoms with E-state index in [1.165, 1.54) is 11.6 Å². The Labute approximate surface area is 156 Å². The van der Waals surface area contributed by atoms with E-state index in [-0.39, 0.29) is 23.5 Å². The molecule has 2 aromatic rings. The summed E-state index contributed by atoms with van der Waals surface area (Å²) < 4.78 is 8.29. The van der Waals surface area contributed by atoms with Crippen LogP contribution in [0.15, 0.2) is 21.7 Å². The average Bonchev–Trinajstić information content (AvgIpc) is 3.24. The number of hydrogen-bond acceptors (Lipinski definition) is 5. The second kappa shape index (κ2) is 6.92. The van der Waals surface area contributed by atoms with Crippen LogP contribution < -0.4 is 11.2 Å². The molecule has 0 aromatic carbocycles. The smallest absolute Gasteiger partial charge is 0.332 e. The fourth-order valence-corrected chi connectivity index (χ4v) is 4.11. The van der Waals surface area contributed by atoms with Gasteiger partial charge >= 0.3 is 5.69 Å². The molecule has 2 fully saturated rings. The van der Waals surface area contributed by atoms with Gasteiger partial charge in [0.05, 0.1) is 24.2 Å². The topological polar surface area (TPSA) is 86.4 Å². The van der Waals surface area contributed by atoms with Crippen LogP contribution in [-0.4, -0.2) is 44.6 Å². The number of ether oxygens (including phenoxy) is 1. The molecule has 0 bridgehead atoms. The van der Waals surface area contributed by atoms with Gasteiger partial charge in [-0.05, 0) is 25.0 Å². The van der Waals surface area contributed by atoms with Crippen molar-refractivity contribution >= 4 is 16.9 Å². The zero-order valence-corrected chi connectivity index (χ0v) is 15.7. The Kier molecular flexibility index (Phi) is 4.59. The van der Waals surface area contributed by atoms with E-state index in [1.807, 2.05) is 4.90 Å². The highest BCUT2D eigenvalue weighted by molar-refractivity contribution is 5.79. The molecule has 4 rings (SSSR count). The quantitative estimate of drug-likeness (QED) is 0.775. The molecule has 1 aliphatic carbocycles. The molecule has 144 valence electrons. The number of carbonyl (C=O) groups excluding carboxylic acids is 1. The van der Waals surface area contributed by atoms with Gasteiger partial charge < -0.3 is 9.64 Å². The van der Waals surface area contributed by atoms with Crippen LogP contribution >= 0.6 is 0 Å². The van der Waals surface area contributed by atoms with Crippen LogP contribution in [0, 0.1) is 5.92 Å². The second-order valence-electron chi connectivity index (χ2n) is 7.44. The van der Waals surface area contributed by atoms with Crippen molar-refractivity contribution in [3.05, 3.63) is 38.7 Å². The highest BCUT2D eigenvalue weighted by atomic mass is 16.5. The first-order valence-electron chi connectivity index (χ1n) is 9.44. The van der Waals surface area contributed by atoms with Crippen LogP contribution in [0.25, 0.3) is 11.0 Å². The lowest BCUT2D eigenvalue weighted by Crippen LogP contribution is -2.44. The fourth-order valence-electron chi connectivity index (χ4n) is 4.11. The van der Waals surface area contributed by atoms with Gasteiger partial charge in [0.2, 0.25) is 5.91 Å². The van der Waals surface area contributed by atoms with Crippen LogP contribution in [0.1, 0.15) is 37.5 Å². The normalized spacial score (nSPS) is 21.1. The maximum absolute atomic E-state index is 12.7. The van der Waals surface area contributed by atoms with Gasteiger partial charge in [-0.2, -0.15) is 0 Å². The maximum Gasteiger partial charge on any atom is 0.332 e. The van der Waals surface area contributed by atoms with E-state index in [4.69, 9.17) is 4.74 Å². The van der Waals surface area contributed by atoms with Crippen molar-refractivity contribution in [3.63, 3.8) is 0 Å². The molecule has 1 aliphatic heterocycles. The number of carbonyl (C=O) groups is 1. The van der Waals surface area contributed by atoms with Gasteiger partial charge in [-0.3, -0.25) is 18.7 Å². The molecular formula is C19H24N4O4. The molecule has 0 N–H and O–H groups in total. The largest absolute Gasteiger partial charge is 0.368 e. The third kappa shape index (κ3) is 3.07. The molecule has 0 radical (unpaired) electrons. The molecule has 0 spiro atoms. The first-order valence-corrected chi connectivity index (χ1v) is 9.44. The van der Waals surface area contributed by atoms with Gasteiger partial charge in [-0.25, -0.2) is 9.78 Å². The number of pyridine rings is 1. The Morgan fingerprint density at radius 3 is 2.63 bits per heavy atom. The molecule has 1 saturated heterocycles. The summed E-state index contributed by atoms with van der Waals surface area (Å²) in [7, 11) is 3.05. The number of amides is 1. The van der Waals surface area contributed by atoms with Gasteiger partial charge in [0, 0.05) is 26.6 Å². The molecule has 0 unspecified atom stereocenters. The summed E-state index contributed by atoms with van der Waals surface area (Å²) in [6.07, 6.45) is 3.84. The minimum absolute atomic E-state index is 0.136. The lowest BCUT2D eigenvalue weighted by atomic mass is 10.1. The Hall–Kier alpha value is -2.48. The zero-order chi connectivity index (χ0) is 19.1. The number of rotatable bonds is 2. The van der Waals surface area contributed by atoms with Crippen LogP contribution in [0.4, 0.5) is 0 Å². The Morgan fingerprint density at radius 2 is 1.89 bits per heavy atom. The summed E-state index contributed by atoms with van der Waals surface area (Å²) in [6.45, 7) is 1.50. The predicted octanol–water partition coefficient (Wildman–Crippen LogP) is 0.722. The van der Waals surface area contributed by atoms with Crippen molar-refractivity contribution in [2.75, 3.05) is 19.7 Å². The van der Waals surface area contributed by atoms with Crippen molar-refractivity contribution in [2.24, 2.45) is 20.0 Å². The van der Waals surface area contributed by atoms with Crippen molar-refractivity contribution < 1.29 is 9.53 Å². The Morgan fingerprint density at radius 1 is 1.15 bits per heavy atom. The fraction of sp³-hybridized carbons (Fsp3) is 0.579. The van der Waals surface area contributed by atoms with E-state index in [1.54, 1.807) is 19.2 Å².